The number of carbonyl (C=O) groups is 1. The highest BCUT2D eigenvalue weighted by molar-refractivity contribution is 5.49. The SMILES string of the molecule is O=CN1CCc2ccc(O)cc2C1. The van der Waals surface area contributed by atoms with Crippen LogP contribution in [0, 0.1) is 0 Å². The molecule has 1 aromatic carbocycles. The van der Waals surface area contributed by atoms with Gasteiger partial charge in [-0.1, -0.05) is 6.07 Å². The normalized spacial score (nSPS) is 15.2. The Morgan fingerprint density at radius 3 is 3.00 bits per heavy atom. The Kier molecular flexibility index (Phi) is 1.93. The van der Waals surface area contributed by atoms with Crippen LogP contribution in [0.1, 0.15) is 11.1 Å². The third-order valence-electron chi connectivity index (χ3n) is 2.38. The molecule has 0 radical (unpaired) electrons. The summed E-state index contributed by atoms with van der Waals surface area (Å²) in [5.74, 6) is 0.270. The first kappa shape index (κ1) is 8.10. The van der Waals surface area contributed by atoms with Crippen molar-refractivity contribution in [3.63, 3.8) is 0 Å². The summed E-state index contributed by atoms with van der Waals surface area (Å²) in [6.07, 6.45) is 1.74. The van der Waals surface area contributed by atoms with Crippen molar-refractivity contribution < 1.29 is 9.90 Å². The molecule has 0 unspecified atom stereocenters. The van der Waals surface area contributed by atoms with Crippen molar-refractivity contribution in [3.8, 4) is 5.75 Å². The van der Waals surface area contributed by atoms with E-state index in [2.05, 4.69) is 0 Å². The van der Waals surface area contributed by atoms with Crippen LogP contribution in [0.15, 0.2) is 18.2 Å². The number of fused-ring (bicyclic) bond motifs is 1. The van der Waals surface area contributed by atoms with Gasteiger partial charge in [-0.15, -0.1) is 0 Å². The molecule has 0 spiro atoms. The van der Waals surface area contributed by atoms with Gasteiger partial charge in [0.25, 0.3) is 0 Å². The van der Waals surface area contributed by atoms with Gasteiger partial charge in [0, 0.05) is 13.1 Å². The van der Waals surface area contributed by atoms with Gasteiger partial charge < -0.3 is 10.0 Å². The lowest BCUT2D eigenvalue weighted by Gasteiger charge is -2.25. The number of aromatic hydroxyl groups is 1. The first-order chi connectivity index (χ1) is 6.29. The summed E-state index contributed by atoms with van der Waals surface area (Å²) >= 11 is 0. The van der Waals surface area contributed by atoms with Crippen LogP contribution in [0.2, 0.25) is 0 Å². The lowest BCUT2D eigenvalue weighted by atomic mass is 10.00. The maximum absolute atomic E-state index is 10.5. The van der Waals surface area contributed by atoms with E-state index < -0.39 is 0 Å². The second-order valence-corrected chi connectivity index (χ2v) is 3.28. The molecule has 0 saturated carbocycles. The lowest BCUT2D eigenvalue weighted by Crippen LogP contribution is -2.28. The quantitative estimate of drug-likeness (QED) is 0.647. The number of hydrogen-bond donors (Lipinski definition) is 1. The Hall–Kier alpha value is -1.51. The molecule has 1 aliphatic rings. The number of nitrogens with zero attached hydrogens (tertiary/aromatic N) is 1. The second kappa shape index (κ2) is 3.09. The van der Waals surface area contributed by atoms with E-state index in [1.807, 2.05) is 6.07 Å². The number of carbonyl (C=O) groups excluding carboxylic acids is 1. The predicted molar refractivity (Wildman–Crippen MR) is 48.3 cm³/mol. The summed E-state index contributed by atoms with van der Waals surface area (Å²) in [4.78, 5) is 12.2. The molecule has 1 aromatic rings. The molecule has 0 atom stereocenters. The molecule has 0 aliphatic carbocycles. The summed E-state index contributed by atoms with van der Waals surface area (Å²) in [6, 6.07) is 5.34. The van der Waals surface area contributed by atoms with Crippen LogP contribution in [-0.2, 0) is 17.8 Å². The van der Waals surface area contributed by atoms with Crippen molar-refractivity contribution in [1.29, 1.82) is 0 Å². The number of amides is 1. The number of hydrogen-bond acceptors (Lipinski definition) is 2. The van der Waals surface area contributed by atoms with Gasteiger partial charge in [0.15, 0.2) is 0 Å². The summed E-state index contributed by atoms with van der Waals surface area (Å²) < 4.78 is 0. The minimum atomic E-state index is 0.270. The minimum absolute atomic E-state index is 0.270. The Morgan fingerprint density at radius 2 is 2.23 bits per heavy atom. The monoisotopic (exact) mass is 177 g/mol. The zero-order chi connectivity index (χ0) is 9.26. The van der Waals surface area contributed by atoms with Crippen molar-refractivity contribution in [1.82, 2.24) is 4.90 Å². The number of phenolic OH excluding ortho intramolecular Hbond substituents is 1. The van der Waals surface area contributed by atoms with Gasteiger partial charge in [-0.05, 0) is 29.7 Å². The van der Waals surface area contributed by atoms with Crippen LogP contribution in [0.5, 0.6) is 5.75 Å². The third kappa shape index (κ3) is 1.49. The van der Waals surface area contributed by atoms with E-state index in [0.717, 1.165) is 24.9 Å². The summed E-state index contributed by atoms with van der Waals surface area (Å²) in [6.45, 7) is 1.40. The first-order valence-electron chi connectivity index (χ1n) is 4.30. The Labute approximate surface area is 76.6 Å². The van der Waals surface area contributed by atoms with Gasteiger partial charge in [0.1, 0.15) is 5.75 Å². The Balaban J connectivity index is 2.32. The maximum atomic E-state index is 10.5. The molecular weight excluding hydrogens is 166 g/mol. The highest BCUT2D eigenvalue weighted by Gasteiger charge is 2.14. The van der Waals surface area contributed by atoms with Crippen molar-refractivity contribution >= 4 is 6.41 Å². The minimum Gasteiger partial charge on any atom is -0.508 e. The smallest absolute Gasteiger partial charge is 0.210 e. The number of rotatable bonds is 1. The maximum Gasteiger partial charge on any atom is 0.210 e. The highest BCUT2D eigenvalue weighted by Crippen LogP contribution is 2.22. The molecule has 1 amide bonds. The van der Waals surface area contributed by atoms with E-state index in [9.17, 15) is 9.90 Å². The van der Waals surface area contributed by atoms with Crippen molar-refractivity contribution in [2.24, 2.45) is 0 Å². The average molecular weight is 177 g/mol. The fourth-order valence-electron chi connectivity index (χ4n) is 1.66. The van der Waals surface area contributed by atoms with Gasteiger partial charge in [-0.25, -0.2) is 0 Å². The molecular formula is C10H11NO2. The van der Waals surface area contributed by atoms with Gasteiger partial charge in [-0.2, -0.15) is 0 Å². The molecule has 1 aliphatic heterocycles. The van der Waals surface area contributed by atoms with Crippen molar-refractivity contribution in [2.45, 2.75) is 13.0 Å². The van der Waals surface area contributed by atoms with Gasteiger partial charge >= 0.3 is 0 Å². The van der Waals surface area contributed by atoms with Crippen LogP contribution in [0.25, 0.3) is 0 Å². The van der Waals surface area contributed by atoms with Crippen LogP contribution < -0.4 is 0 Å². The van der Waals surface area contributed by atoms with Crippen LogP contribution in [0.4, 0.5) is 0 Å². The van der Waals surface area contributed by atoms with E-state index in [1.54, 1.807) is 17.0 Å². The molecule has 0 bridgehead atoms. The van der Waals surface area contributed by atoms with E-state index >= 15 is 0 Å². The standard InChI is InChI=1S/C10H11NO2/c12-7-11-4-3-8-1-2-10(13)5-9(8)6-11/h1-2,5,7,13H,3-4,6H2. The topological polar surface area (TPSA) is 40.5 Å². The Bertz CT molecular complexity index is 336. The summed E-state index contributed by atoms with van der Waals surface area (Å²) in [5.41, 5.74) is 2.29. The summed E-state index contributed by atoms with van der Waals surface area (Å²) in [5, 5.41) is 9.24. The zero-order valence-electron chi connectivity index (χ0n) is 7.23. The zero-order valence-corrected chi connectivity index (χ0v) is 7.23. The summed E-state index contributed by atoms with van der Waals surface area (Å²) in [7, 11) is 0. The number of benzene rings is 1. The molecule has 13 heavy (non-hydrogen) atoms. The first-order valence-corrected chi connectivity index (χ1v) is 4.30. The Morgan fingerprint density at radius 1 is 1.38 bits per heavy atom. The van der Waals surface area contributed by atoms with Gasteiger partial charge in [0.05, 0.1) is 0 Å². The van der Waals surface area contributed by atoms with Crippen molar-refractivity contribution in [2.75, 3.05) is 6.54 Å². The molecule has 0 fully saturated rings. The predicted octanol–water partition coefficient (Wildman–Crippen LogP) is 0.907. The molecule has 3 heteroatoms. The van der Waals surface area contributed by atoms with Crippen LogP contribution >= 0.6 is 0 Å². The largest absolute Gasteiger partial charge is 0.508 e. The molecule has 68 valence electrons. The second-order valence-electron chi connectivity index (χ2n) is 3.28. The third-order valence-corrected chi connectivity index (χ3v) is 2.38. The molecule has 0 aromatic heterocycles. The van der Waals surface area contributed by atoms with E-state index in [1.165, 1.54) is 5.56 Å². The highest BCUT2D eigenvalue weighted by atomic mass is 16.3. The molecule has 1 N–H and O–H groups in total. The van der Waals surface area contributed by atoms with Crippen LogP contribution in [-0.4, -0.2) is 23.0 Å². The van der Waals surface area contributed by atoms with Gasteiger partial charge in [-0.3, -0.25) is 4.79 Å². The average Bonchev–Trinajstić information content (AvgIpc) is 2.16. The van der Waals surface area contributed by atoms with E-state index in [4.69, 9.17) is 0 Å². The fourth-order valence-corrected chi connectivity index (χ4v) is 1.66. The molecule has 1 heterocycles. The fraction of sp³-hybridized carbons (Fsp3) is 0.300. The van der Waals surface area contributed by atoms with E-state index in [-0.39, 0.29) is 5.75 Å². The van der Waals surface area contributed by atoms with Gasteiger partial charge in [0.2, 0.25) is 6.41 Å². The molecule has 0 saturated heterocycles. The molecule has 3 nitrogen and oxygen atoms in total. The molecule has 2 rings (SSSR count). The van der Waals surface area contributed by atoms with Crippen molar-refractivity contribution in [3.05, 3.63) is 29.3 Å². The van der Waals surface area contributed by atoms with Crippen LogP contribution in [0.3, 0.4) is 0 Å². The van der Waals surface area contributed by atoms with E-state index in [0.29, 0.717) is 6.54 Å². The lowest BCUT2D eigenvalue weighted by molar-refractivity contribution is -0.118. The number of phenols is 1.